The zero-order chi connectivity index (χ0) is 94.9. The molecule has 23 N–H and O–H groups in total. The molecule has 0 spiro atoms. The molecule has 7 aliphatic heterocycles. The van der Waals surface area contributed by atoms with E-state index >= 15 is 0 Å². The van der Waals surface area contributed by atoms with E-state index in [2.05, 4.69) is 41.9 Å². The summed E-state index contributed by atoms with van der Waals surface area (Å²) in [6, 6.07) is -4.95. The minimum Gasteiger partial charge on any atom is -0.394 e. The molecule has 7 fully saturated rings. The maximum absolute atomic E-state index is 13.7. The average Bonchev–Trinajstić information content (AvgIpc) is 0.761. The topological polar surface area (TPSA) is 621 Å². The Kier molecular flexibility index (Phi) is 53.3. The first-order chi connectivity index (χ1) is 62.5. The van der Waals surface area contributed by atoms with Crippen molar-refractivity contribution in [2.45, 2.75) is 480 Å². The van der Waals surface area contributed by atoms with Crippen LogP contribution in [0, 0.1) is 0 Å². The van der Waals surface area contributed by atoms with Crippen LogP contribution in [0.5, 0.6) is 0 Å². The van der Waals surface area contributed by atoms with Gasteiger partial charge in [0.25, 0.3) is 0 Å². The van der Waals surface area contributed by atoms with Gasteiger partial charge in [-0.05, 0) is 51.9 Å². The van der Waals surface area contributed by atoms with Crippen LogP contribution in [0.15, 0.2) is 24.3 Å². The summed E-state index contributed by atoms with van der Waals surface area (Å²) in [7, 11) is 0. The molecule has 14 unspecified atom stereocenters. The lowest BCUT2D eigenvalue weighted by molar-refractivity contribution is -0.396. The van der Waals surface area contributed by atoms with Gasteiger partial charge in [0.15, 0.2) is 44.0 Å². The molecule has 40 nitrogen and oxygen atoms in total. The van der Waals surface area contributed by atoms with Crippen molar-refractivity contribution < 1.29 is 183 Å². The Balaban J connectivity index is 1.03. The number of ether oxygens (including phenoxy) is 14. The third-order valence-electron chi connectivity index (χ3n) is 25.5. The Morgan fingerprint density at radius 1 is 0.315 bits per heavy atom. The van der Waals surface area contributed by atoms with Gasteiger partial charge >= 0.3 is 0 Å². The van der Waals surface area contributed by atoms with Crippen LogP contribution in [-0.4, -0.2) is 393 Å². The van der Waals surface area contributed by atoms with Crippen LogP contribution in [-0.2, 0) is 80.7 Å². The number of rotatable bonds is 61. The molecule has 40 heteroatoms. The van der Waals surface area contributed by atoms with E-state index in [1.54, 1.807) is 6.08 Å². The van der Waals surface area contributed by atoms with Crippen molar-refractivity contribution in [2.75, 3.05) is 46.2 Å². The Labute approximate surface area is 763 Å². The molecule has 758 valence electrons. The summed E-state index contributed by atoms with van der Waals surface area (Å²) in [5.41, 5.74) is 0. The number of carbonyl (C=O) groups excluding carboxylic acids is 3. The summed E-state index contributed by atoms with van der Waals surface area (Å²) in [5.74, 6) is -2.21. The Hall–Kier alpha value is -3.47. The van der Waals surface area contributed by atoms with Crippen LogP contribution >= 0.6 is 0 Å². The number of allylic oxidation sites excluding steroid dienone is 3. The first-order valence-corrected chi connectivity index (χ1v) is 48.0. The second kappa shape index (κ2) is 61.1. The molecule has 3 amide bonds. The SMILES string of the molecule is CCCCCCCC/C=C\CCCCCCCCCCCCCCCC(=O)N[C@@H](CO[C@@H]1OC(CO)[C@@H](O[C@@H]2OC(CO)[C@H](O)[C@H](O[C@@H]3OC(CO)[C@@H](O[C@H]4OC(C)[C@@H](O)C(O)[C@@H]4O)[C@H](O[C@@H]4OC(CO)[C@H](O)[C@H](O[C@@H]5OC(CO)[C@@H](O[C@@H]6OC(CO)[C@H](O)[C@H](O)C6O)[C@H](O)C5NC(C)=O)C4O)C3NC(C)=O)C2O)[C@H](O)C1O)[C@H](O)/C=C/CCCCCCCCCCCCC. The molecule has 7 heterocycles. The molecule has 130 heavy (non-hydrogen) atoms. The molecule has 7 rings (SSSR count). The van der Waals surface area contributed by atoms with Crippen LogP contribution < -0.4 is 16.0 Å². The van der Waals surface area contributed by atoms with Crippen molar-refractivity contribution in [3.8, 4) is 0 Å². The number of aliphatic hydroxyl groups is 20. The van der Waals surface area contributed by atoms with E-state index in [1.807, 2.05) is 6.08 Å². The number of hydrogen-bond acceptors (Lipinski definition) is 37. The summed E-state index contributed by atoms with van der Waals surface area (Å²) < 4.78 is 84.6. The zero-order valence-corrected chi connectivity index (χ0v) is 76.5. The van der Waals surface area contributed by atoms with Gasteiger partial charge in [-0.25, -0.2) is 0 Å². The quantitative estimate of drug-likeness (QED) is 0.0265. The summed E-state index contributed by atoms with van der Waals surface area (Å²) in [4.78, 5) is 40.2. The van der Waals surface area contributed by atoms with E-state index < -0.39 is 285 Å². The third kappa shape index (κ3) is 34.8. The lowest BCUT2D eigenvalue weighted by Gasteiger charge is -2.52. The summed E-state index contributed by atoms with van der Waals surface area (Å²) in [5, 5.41) is 233. The average molecular weight is 1880 g/mol. The molecule has 37 atom stereocenters. The fourth-order valence-corrected chi connectivity index (χ4v) is 17.6. The number of unbranched alkanes of at least 4 members (excludes halogenated alkanes) is 30. The van der Waals surface area contributed by atoms with Gasteiger partial charge in [0.2, 0.25) is 17.7 Å². The molecule has 0 aliphatic carbocycles. The minimum absolute atomic E-state index is 0.148. The van der Waals surface area contributed by atoms with Gasteiger partial charge in [-0.2, -0.15) is 0 Å². The highest BCUT2D eigenvalue weighted by molar-refractivity contribution is 5.76. The highest BCUT2D eigenvalue weighted by Crippen LogP contribution is 2.40. The lowest BCUT2D eigenvalue weighted by atomic mass is 9.93. The lowest BCUT2D eigenvalue weighted by Crippen LogP contribution is -2.72. The summed E-state index contributed by atoms with van der Waals surface area (Å²) in [6.07, 6.45) is -20.3. The third-order valence-corrected chi connectivity index (χ3v) is 25.5. The van der Waals surface area contributed by atoms with Crippen molar-refractivity contribution in [3.63, 3.8) is 0 Å². The van der Waals surface area contributed by atoms with E-state index in [1.165, 1.54) is 148 Å². The maximum Gasteiger partial charge on any atom is 0.220 e. The van der Waals surface area contributed by atoms with Gasteiger partial charge in [0, 0.05) is 20.3 Å². The van der Waals surface area contributed by atoms with E-state index in [4.69, 9.17) is 66.3 Å². The number of carbonyl (C=O) groups is 3. The van der Waals surface area contributed by atoms with Crippen LogP contribution in [0.1, 0.15) is 253 Å². The first kappa shape index (κ1) is 114. The van der Waals surface area contributed by atoms with Gasteiger partial charge in [-0.1, -0.05) is 205 Å². The van der Waals surface area contributed by atoms with Crippen LogP contribution in [0.3, 0.4) is 0 Å². The molecular formula is C90H161N3O37. The first-order valence-electron chi connectivity index (χ1n) is 48.0. The monoisotopic (exact) mass is 1880 g/mol. The van der Waals surface area contributed by atoms with Crippen molar-refractivity contribution >= 4 is 17.7 Å². The largest absolute Gasteiger partial charge is 0.394 e. The van der Waals surface area contributed by atoms with E-state index in [-0.39, 0.29) is 12.3 Å². The fourth-order valence-electron chi connectivity index (χ4n) is 17.6. The number of aliphatic hydroxyl groups excluding tert-OH is 20. The predicted molar refractivity (Wildman–Crippen MR) is 462 cm³/mol. The van der Waals surface area contributed by atoms with Crippen molar-refractivity contribution in [1.82, 2.24) is 16.0 Å². The van der Waals surface area contributed by atoms with Crippen molar-refractivity contribution in [2.24, 2.45) is 0 Å². The van der Waals surface area contributed by atoms with Crippen LogP contribution in [0.25, 0.3) is 0 Å². The molecule has 0 bridgehead atoms. The smallest absolute Gasteiger partial charge is 0.220 e. The summed E-state index contributed by atoms with van der Waals surface area (Å²) in [6.45, 7) is 0.897. The van der Waals surface area contributed by atoms with Crippen LogP contribution in [0.4, 0.5) is 0 Å². The van der Waals surface area contributed by atoms with Gasteiger partial charge in [-0.15, -0.1) is 0 Å². The molecule has 0 saturated carbocycles. The number of hydrogen-bond donors (Lipinski definition) is 23. The van der Waals surface area contributed by atoms with Gasteiger partial charge in [0.05, 0.1) is 64.5 Å². The molecule has 7 aliphatic rings. The Morgan fingerprint density at radius 2 is 0.638 bits per heavy atom. The molecule has 0 radical (unpaired) electrons. The predicted octanol–water partition coefficient (Wildman–Crippen LogP) is -0.675. The standard InChI is InChI=1S/C90H161N3O37/c1-6-8-10-12-14-16-18-20-21-22-23-24-25-26-27-28-29-31-33-35-37-39-41-43-62(103)93-54(55(102)42-40-38-36-34-32-30-19-17-15-13-11-9-7-2)50-117-86-75(114)72(111)79(60(48-98)124-86)126-89-76(115)83(68(107)57(45-95)120-89)130-85-64(92-53(5)101)81(80(61(49-99)123-85)127-87-73(112)70(109)65(104)51(3)118-87)128-90-77(116)82(67(106)58(46-96)121-90)129-84-63(91-52(4)100)69(108)78(59(47-97)122-84)125-88-74(113)71(110)66(105)56(44-94)119-88/h20-21,40,42,51,54-61,63-90,94-99,102,104-116H,6-19,22-39,41,43-50H2,1-5H3,(H,91,100)(H,92,101)(H,93,103)/b21-20-,42-40+/t51?,54-,55+,56?,57?,58?,59?,60?,61?,63?,64?,65+,66-,67-,68-,69+,70?,71-,72+,73-,74?,75?,76?,77?,78+,79+,80+,81+,82-,83-,84-,85-,86+,87+,88-,89-,90-/m0/s1. The van der Waals surface area contributed by atoms with Gasteiger partial charge in [-0.3, -0.25) is 14.4 Å². The molecule has 7 saturated heterocycles. The molecule has 0 aromatic rings. The number of amides is 3. The van der Waals surface area contributed by atoms with Gasteiger partial charge < -0.3 is 184 Å². The zero-order valence-electron chi connectivity index (χ0n) is 76.5. The van der Waals surface area contributed by atoms with Crippen molar-refractivity contribution in [3.05, 3.63) is 24.3 Å². The Morgan fingerprint density at radius 3 is 1.08 bits per heavy atom. The Bertz CT molecular complexity index is 3110. The van der Waals surface area contributed by atoms with Gasteiger partial charge in [0.1, 0.15) is 165 Å². The summed E-state index contributed by atoms with van der Waals surface area (Å²) >= 11 is 0. The van der Waals surface area contributed by atoms with Crippen molar-refractivity contribution in [1.29, 1.82) is 0 Å². The highest BCUT2D eigenvalue weighted by atomic mass is 16.8. The maximum atomic E-state index is 13.7. The normalized spacial score (nSPS) is 37.3. The number of nitrogens with one attached hydrogen (secondary N) is 3. The van der Waals surface area contributed by atoms with E-state index in [0.717, 1.165) is 71.6 Å². The van der Waals surface area contributed by atoms with E-state index in [9.17, 15) is 117 Å². The second-order valence-electron chi connectivity index (χ2n) is 35.9. The highest BCUT2D eigenvalue weighted by Gasteiger charge is 2.60. The second-order valence-corrected chi connectivity index (χ2v) is 35.9. The molecule has 0 aromatic heterocycles. The molecule has 0 aromatic carbocycles. The van der Waals surface area contributed by atoms with E-state index in [0.29, 0.717) is 12.8 Å². The van der Waals surface area contributed by atoms with Crippen LogP contribution in [0.2, 0.25) is 0 Å². The molecular weight excluding hydrogens is 1710 g/mol. The minimum atomic E-state index is -2.40. The fraction of sp³-hybridized carbons (Fsp3) is 0.922.